The molecular weight excluding hydrogens is 244 g/mol. The van der Waals surface area contributed by atoms with Gasteiger partial charge in [0, 0.05) is 10.0 Å². The van der Waals surface area contributed by atoms with E-state index in [1.807, 2.05) is 0 Å². The van der Waals surface area contributed by atoms with Crippen molar-refractivity contribution in [3.63, 3.8) is 0 Å². The zero-order valence-electron chi connectivity index (χ0n) is 6.72. The molecule has 0 amide bonds. The highest BCUT2D eigenvalue weighted by atomic mass is 79.9. The first kappa shape index (κ1) is 10.2. The molecule has 0 aliphatic heterocycles. The number of carbonyl (C=O) groups is 1. The molecule has 1 aromatic heterocycles. The molecule has 0 saturated carbocycles. The first-order chi connectivity index (χ1) is 6.06. The molecule has 0 radical (unpaired) electrons. The Bertz CT molecular complexity index is 341. The van der Waals surface area contributed by atoms with Gasteiger partial charge >= 0.3 is 0 Å². The fourth-order valence-electron chi connectivity index (χ4n) is 0.883. The third-order valence-corrected chi connectivity index (χ3v) is 2.36. The normalized spacial score (nSPS) is 10.5. The molecule has 0 fully saturated rings. The van der Waals surface area contributed by atoms with Crippen LogP contribution in [-0.4, -0.2) is 11.3 Å². The average Bonchev–Trinajstić information content (AvgIpc) is 2.08. The SMILES string of the molecule is Cc1nc(C=O)c(C(F)F)cc1Br. The number of carbonyl (C=O) groups excluding carboxylic acids is 1. The minimum Gasteiger partial charge on any atom is -0.296 e. The van der Waals surface area contributed by atoms with E-state index in [9.17, 15) is 13.6 Å². The van der Waals surface area contributed by atoms with Crippen LogP contribution in [0.1, 0.15) is 28.2 Å². The van der Waals surface area contributed by atoms with Crippen LogP contribution < -0.4 is 0 Å². The summed E-state index contributed by atoms with van der Waals surface area (Å²) in [4.78, 5) is 14.1. The Labute approximate surface area is 82.1 Å². The molecule has 13 heavy (non-hydrogen) atoms. The lowest BCUT2D eigenvalue weighted by atomic mass is 10.2. The Kier molecular flexibility index (Phi) is 3.08. The van der Waals surface area contributed by atoms with E-state index in [1.165, 1.54) is 6.07 Å². The predicted molar refractivity (Wildman–Crippen MR) is 47.0 cm³/mol. The van der Waals surface area contributed by atoms with Gasteiger partial charge in [-0.15, -0.1) is 0 Å². The summed E-state index contributed by atoms with van der Waals surface area (Å²) in [6.07, 6.45) is -2.34. The van der Waals surface area contributed by atoms with Crippen LogP contribution in [-0.2, 0) is 0 Å². The quantitative estimate of drug-likeness (QED) is 0.755. The summed E-state index contributed by atoms with van der Waals surface area (Å²) < 4.78 is 25.1. The summed E-state index contributed by atoms with van der Waals surface area (Å²) in [7, 11) is 0. The van der Waals surface area contributed by atoms with Crippen molar-refractivity contribution in [2.24, 2.45) is 0 Å². The lowest BCUT2D eigenvalue weighted by molar-refractivity contribution is 0.110. The van der Waals surface area contributed by atoms with Crippen molar-refractivity contribution in [3.8, 4) is 0 Å². The van der Waals surface area contributed by atoms with Crippen LogP contribution in [0.2, 0.25) is 0 Å². The monoisotopic (exact) mass is 249 g/mol. The fraction of sp³-hybridized carbons (Fsp3) is 0.250. The molecule has 1 aromatic rings. The molecular formula is C8H6BrF2NO. The smallest absolute Gasteiger partial charge is 0.266 e. The lowest BCUT2D eigenvalue weighted by Crippen LogP contribution is -1.99. The van der Waals surface area contributed by atoms with E-state index in [0.717, 1.165) is 0 Å². The van der Waals surface area contributed by atoms with Crippen molar-refractivity contribution in [1.29, 1.82) is 0 Å². The Morgan fingerprint density at radius 2 is 2.23 bits per heavy atom. The molecule has 0 spiro atoms. The fourth-order valence-corrected chi connectivity index (χ4v) is 1.22. The molecule has 0 N–H and O–H groups in total. The first-order valence-corrected chi connectivity index (χ1v) is 4.26. The van der Waals surface area contributed by atoms with Gasteiger partial charge in [0.1, 0.15) is 5.69 Å². The van der Waals surface area contributed by atoms with Crippen LogP contribution in [0.5, 0.6) is 0 Å². The molecule has 1 rings (SSSR count). The topological polar surface area (TPSA) is 30.0 Å². The van der Waals surface area contributed by atoms with Crippen molar-refractivity contribution in [2.45, 2.75) is 13.3 Å². The van der Waals surface area contributed by atoms with Crippen molar-refractivity contribution >= 4 is 22.2 Å². The minimum absolute atomic E-state index is 0.198. The second-order valence-corrected chi connectivity index (χ2v) is 3.30. The Morgan fingerprint density at radius 1 is 1.62 bits per heavy atom. The van der Waals surface area contributed by atoms with E-state index in [2.05, 4.69) is 20.9 Å². The van der Waals surface area contributed by atoms with Crippen LogP contribution in [0.15, 0.2) is 10.5 Å². The largest absolute Gasteiger partial charge is 0.296 e. The van der Waals surface area contributed by atoms with E-state index >= 15 is 0 Å². The van der Waals surface area contributed by atoms with Gasteiger partial charge in [-0.1, -0.05) is 0 Å². The highest BCUT2D eigenvalue weighted by molar-refractivity contribution is 9.10. The maximum absolute atomic E-state index is 12.3. The van der Waals surface area contributed by atoms with Crippen LogP contribution in [0, 0.1) is 6.92 Å². The molecule has 0 bridgehead atoms. The summed E-state index contributed by atoms with van der Waals surface area (Å²) in [5.74, 6) is 0. The number of halogens is 3. The second kappa shape index (κ2) is 3.91. The van der Waals surface area contributed by atoms with E-state index in [4.69, 9.17) is 0 Å². The molecule has 0 aliphatic carbocycles. The van der Waals surface area contributed by atoms with E-state index in [0.29, 0.717) is 16.5 Å². The standard InChI is InChI=1S/C8H6BrF2NO/c1-4-6(9)2-5(8(10)11)7(3-13)12-4/h2-3,8H,1H3. The number of hydrogen-bond donors (Lipinski definition) is 0. The van der Waals surface area contributed by atoms with Crippen molar-refractivity contribution in [2.75, 3.05) is 0 Å². The Morgan fingerprint density at radius 3 is 2.69 bits per heavy atom. The zero-order valence-corrected chi connectivity index (χ0v) is 8.31. The number of hydrogen-bond acceptors (Lipinski definition) is 2. The van der Waals surface area contributed by atoms with E-state index in [1.54, 1.807) is 6.92 Å². The second-order valence-electron chi connectivity index (χ2n) is 2.45. The highest BCUT2D eigenvalue weighted by Gasteiger charge is 2.15. The molecule has 70 valence electrons. The minimum atomic E-state index is -2.68. The third kappa shape index (κ3) is 2.09. The zero-order chi connectivity index (χ0) is 10.0. The van der Waals surface area contributed by atoms with Gasteiger partial charge in [0.25, 0.3) is 6.43 Å². The molecule has 2 nitrogen and oxygen atoms in total. The summed E-state index contributed by atoms with van der Waals surface area (Å²) in [5.41, 5.74) is -0.0188. The average molecular weight is 250 g/mol. The summed E-state index contributed by atoms with van der Waals surface area (Å²) >= 11 is 3.07. The molecule has 0 saturated heterocycles. The van der Waals surface area contributed by atoms with Gasteiger partial charge in [0.15, 0.2) is 6.29 Å². The maximum atomic E-state index is 12.3. The Balaban J connectivity index is 3.32. The van der Waals surface area contributed by atoms with Gasteiger partial charge in [0.05, 0.1) is 5.69 Å². The molecule has 0 aromatic carbocycles. The predicted octanol–water partition coefficient (Wildman–Crippen LogP) is 2.90. The highest BCUT2D eigenvalue weighted by Crippen LogP contribution is 2.25. The van der Waals surface area contributed by atoms with Gasteiger partial charge < -0.3 is 0 Å². The van der Waals surface area contributed by atoms with Crippen LogP contribution in [0.4, 0.5) is 8.78 Å². The molecule has 0 unspecified atom stereocenters. The summed E-state index contributed by atoms with van der Waals surface area (Å²) in [6, 6.07) is 1.22. The molecule has 5 heteroatoms. The van der Waals surface area contributed by atoms with E-state index < -0.39 is 6.43 Å². The van der Waals surface area contributed by atoms with Gasteiger partial charge in [-0.05, 0) is 28.9 Å². The van der Waals surface area contributed by atoms with Crippen molar-refractivity contribution in [1.82, 2.24) is 4.98 Å². The number of aromatic nitrogens is 1. The van der Waals surface area contributed by atoms with Gasteiger partial charge in [-0.25, -0.2) is 13.8 Å². The van der Waals surface area contributed by atoms with Crippen molar-refractivity contribution in [3.05, 3.63) is 27.5 Å². The lowest BCUT2D eigenvalue weighted by Gasteiger charge is -2.05. The Hall–Kier alpha value is -0.840. The van der Waals surface area contributed by atoms with Crippen LogP contribution in [0.25, 0.3) is 0 Å². The van der Waals surface area contributed by atoms with E-state index in [-0.39, 0.29) is 11.3 Å². The number of rotatable bonds is 2. The molecule has 0 atom stereocenters. The van der Waals surface area contributed by atoms with Crippen LogP contribution >= 0.6 is 15.9 Å². The summed E-state index contributed by atoms with van der Waals surface area (Å²) in [6.45, 7) is 1.63. The van der Waals surface area contributed by atoms with Gasteiger partial charge in [-0.2, -0.15) is 0 Å². The molecule has 1 heterocycles. The number of aryl methyl sites for hydroxylation is 1. The summed E-state index contributed by atoms with van der Waals surface area (Å²) in [5, 5.41) is 0. The number of alkyl halides is 2. The van der Waals surface area contributed by atoms with Gasteiger partial charge in [0.2, 0.25) is 0 Å². The maximum Gasteiger partial charge on any atom is 0.266 e. The number of pyridine rings is 1. The molecule has 0 aliphatic rings. The number of nitrogens with zero attached hydrogens (tertiary/aromatic N) is 1. The van der Waals surface area contributed by atoms with Crippen molar-refractivity contribution < 1.29 is 13.6 Å². The first-order valence-electron chi connectivity index (χ1n) is 3.46. The van der Waals surface area contributed by atoms with Gasteiger partial charge in [-0.3, -0.25) is 4.79 Å². The number of aldehydes is 1. The third-order valence-electron chi connectivity index (χ3n) is 1.56. The van der Waals surface area contributed by atoms with Crippen LogP contribution in [0.3, 0.4) is 0 Å².